The Morgan fingerprint density at radius 3 is 2.33 bits per heavy atom. The molecular formula is C12H23NO5. The molecule has 0 saturated carbocycles. The van der Waals surface area contributed by atoms with Crippen LogP contribution in [-0.4, -0.2) is 47.4 Å². The second-order valence-electron chi connectivity index (χ2n) is 5.13. The van der Waals surface area contributed by atoms with Crippen molar-refractivity contribution in [2.45, 2.75) is 46.3 Å². The van der Waals surface area contributed by atoms with Crippen LogP contribution in [0.3, 0.4) is 0 Å². The van der Waals surface area contributed by atoms with Gasteiger partial charge in [0.15, 0.2) is 0 Å². The lowest BCUT2D eigenvalue weighted by Crippen LogP contribution is -2.46. The fourth-order valence-electron chi connectivity index (χ4n) is 1.15. The van der Waals surface area contributed by atoms with Crippen molar-refractivity contribution in [2.75, 3.05) is 13.2 Å². The van der Waals surface area contributed by atoms with E-state index in [1.807, 2.05) is 0 Å². The maximum atomic E-state index is 11.5. The number of aliphatic hydroxyl groups excluding tert-OH is 2. The molecule has 0 aromatic carbocycles. The Bertz CT molecular complexity index is 288. The highest BCUT2D eigenvalue weighted by atomic mass is 16.5. The lowest BCUT2D eigenvalue weighted by atomic mass is 9.87. The number of amides is 1. The van der Waals surface area contributed by atoms with E-state index in [1.165, 1.54) is 0 Å². The molecule has 0 radical (unpaired) electrons. The van der Waals surface area contributed by atoms with Gasteiger partial charge in [-0.05, 0) is 13.8 Å². The van der Waals surface area contributed by atoms with Crippen LogP contribution in [0, 0.1) is 5.41 Å². The van der Waals surface area contributed by atoms with Crippen LogP contribution in [0.5, 0.6) is 0 Å². The maximum Gasteiger partial charge on any atom is 0.307 e. The van der Waals surface area contributed by atoms with E-state index in [4.69, 9.17) is 9.84 Å². The van der Waals surface area contributed by atoms with Gasteiger partial charge in [-0.1, -0.05) is 13.8 Å². The number of carbonyl (C=O) groups excluding carboxylic acids is 2. The molecule has 0 spiro atoms. The molecule has 1 amide bonds. The highest BCUT2D eigenvalue weighted by Crippen LogP contribution is 2.19. The van der Waals surface area contributed by atoms with Gasteiger partial charge >= 0.3 is 5.97 Å². The molecule has 0 aliphatic rings. The van der Waals surface area contributed by atoms with Crippen LogP contribution in [0.4, 0.5) is 0 Å². The van der Waals surface area contributed by atoms with Crippen molar-refractivity contribution in [3.8, 4) is 0 Å². The van der Waals surface area contributed by atoms with Gasteiger partial charge in [0.2, 0.25) is 5.91 Å². The molecule has 6 heteroatoms. The first-order valence-electron chi connectivity index (χ1n) is 5.97. The Kier molecular flexibility index (Phi) is 6.86. The zero-order valence-corrected chi connectivity index (χ0v) is 11.4. The van der Waals surface area contributed by atoms with Crippen LogP contribution in [0.2, 0.25) is 0 Å². The summed E-state index contributed by atoms with van der Waals surface area (Å²) in [7, 11) is 0. The number of esters is 1. The van der Waals surface area contributed by atoms with Gasteiger partial charge in [-0.3, -0.25) is 9.59 Å². The minimum Gasteiger partial charge on any atom is -0.463 e. The van der Waals surface area contributed by atoms with Crippen molar-refractivity contribution in [1.29, 1.82) is 0 Å². The van der Waals surface area contributed by atoms with E-state index in [-0.39, 0.29) is 25.7 Å². The minimum atomic E-state index is -1.32. The quantitative estimate of drug-likeness (QED) is 0.553. The Labute approximate surface area is 107 Å². The predicted octanol–water partition coefficient (Wildman–Crippen LogP) is -0.176. The molecule has 1 unspecified atom stereocenters. The van der Waals surface area contributed by atoms with Crippen LogP contribution in [-0.2, 0) is 14.3 Å². The van der Waals surface area contributed by atoms with E-state index in [1.54, 1.807) is 27.7 Å². The molecule has 0 aliphatic carbocycles. The number of nitrogens with one attached hydrogen (secondary N) is 1. The minimum absolute atomic E-state index is 0.0518. The summed E-state index contributed by atoms with van der Waals surface area (Å²) < 4.78 is 4.89. The number of aliphatic hydroxyl groups is 2. The first-order valence-corrected chi connectivity index (χ1v) is 5.97. The molecule has 106 valence electrons. The summed E-state index contributed by atoms with van der Waals surface area (Å²) in [5, 5.41) is 21.1. The highest BCUT2D eigenvalue weighted by Gasteiger charge is 2.32. The summed E-state index contributed by atoms with van der Waals surface area (Å²) in [6.45, 7) is 6.42. The fourth-order valence-corrected chi connectivity index (χ4v) is 1.15. The van der Waals surface area contributed by atoms with Crippen LogP contribution in [0.25, 0.3) is 0 Å². The first-order chi connectivity index (χ1) is 8.20. The summed E-state index contributed by atoms with van der Waals surface area (Å²) in [4.78, 5) is 22.7. The molecule has 18 heavy (non-hydrogen) atoms. The third-order valence-corrected chi connectivity index (χ3v) is 2.39. The second-order valence-corrected chi connectivity index (χ2v) is 5.13. The molecule has 0 fully saturated rings. The Morgan fingerprint density at radius 2 is 1.89 bits per heavy atom. The summed E-state index contributed by atoms with van der Waals surface area (Å²) in [6, 6.07) is 0. The molecule has 0 heterocycles. The predicted molar refractivity (Wildman–Crippen MR) is 65.7 cm³/mol. The van der Waals surface area contributed by atoms with Gasteiger partial charge in [-0.15, -0.1) is 0 Å². The third-order valence-electron chi connectivity index (χ3n) is 2.39. The van der Waals surface area contributed by atoms with Gasteiger partial charge in [0.05, 0.1) is 19.1 Å². The van der Waals surface area contributed by atoms with Gasteiger partial charge in [0, 0.05) is 12.0 Å². The largest absolute Gasteiger partial charge is 0.463 e. The molecular weight excluding hydrogens is 238 g/mol. The zero-order valence-electron chi connectivity index (χ0n) is 11.4. The molecule has 6 nitrogen and oxygen atoms in total. The van der Waals surface area contributed by atoms with Gasteiger partial charge in [0.25, 0.3) is 0 Å². The molecule has 1 atom stereocenters. The Morgan fingerprint density at radius 1 is 1.33 bits per heavy atom. The van der Waals surface area contributed by atoms with Crippen molar-refractivity contribution >= 4 is 11.9 Å². The summed E-state index contributed by atoms with van der Waals surface area (Å²) in [6.07, 6.45) is -1.45. The zero-order chi connectivity index (χ0) is 14.3. The lowest BCUT2D eigenvalue weighted by molar-refractivity contribution is -0.147. The number of carbonyl (C=O) groups is 2. The fraction of sp³-hybridized carbons (Fsp3) is 0.833. The molecule has 0 saturated heterocycles. The monoisotopic (exact) mass is 261 g/mol. The number of hydrogen-bond acceptors (Lipinski definition) is 5. The van der Waals surface area contributed by atoms with Crippen LogP contribution in [0.15, 0.2) is 0 Å². The first kappa shape index (κ1) is 16.9. The van der Waals surface area contributed by atoms with Crippen molar-refractivity contribution in [3.63, 3.8) is 0 Å². The molecule has 0 rings (SSSR count). The Hall–Kier alpha value is -1.14. The second kappa shape index (κ2) is 7.33. The molecule has 0 bridgehead atoms. The van der Waals surface area contributed by atoms with E-state index < -0.39 is 23.4 Å². The summed E-state index contributed by atoms with van der Waals surface area (Å²) in [5.41, 5.74) is -0.914. The summed E-state index contributed by atoms with van der Waals surface area (Å²) >= 11 is 0. The number of ether oxygens (including phenoxy) is 1. The SMILES string of the molecule is CC(C)OC(=O)CCNC(=O)C(O)C(C)(C)CO. The Balaban J connectivity index is 4.01. The van der Waals surface area contributed by atoms with E-state index in [0.717, 1.165) is 0 Å². The van der Waals surface area contributed by atoms with E-state index in [2.05, 4.69) is 5.32 Å². The molecule has 0 aromatic heterocycles. The van der Waals surface area contributed by atoms with Gasteiger partial charge in [-0.2, -0.15) is 0 Å². The summed E-state index contributed by atoms with van der Waals surface area (Å²) in [5.74, 6) is -1.01. The van der Waals surface area contributed by atoms with E-state index in [0.29, 0.717) is 0 Å². The van der Waals surface area contributed by atoms with Gasteiger partial charge in [-0.25, -0.2) is 0 Å². The van der Waals surface area contributed by atoms with Crippen molar-refractivity contribution in [3.05, 3.63) is 0 Å². The van der Waals surface area contributed by atoms with Crippen molar-refractivity contribution in [2.24, 2.45) is 5.41 Å². The standard InChI is InChI=1S/C12H23NO5/c1-8(2)18-9(15)5-6-13-11(17)10(16)12(3,4)7-14/h8,10,14,16H,5-7H2,1-4H3,(H,13,17). The lowest BCUT2D eigenvalue weighted by Gasteiger charge is -2.27. The average Bonchev–Trinajstić information content (AvgIpc) is 2.26. The van der Waals surface area contributed by atoms with Gasteiger partial charge in [0.1, 0.15) is 6.10 Å². The molecule has 3 N–H and O–H groups in total. The topological polar surface area (TPSA) is 95.9 Å². The average molecular weight is 261 g/mol. The van der Waals surface area contributed by atoms with Crippen molar-refractivity contribution in [1.82, 2.24) is 5.32 Å². The van der Waals surface area contributed by atoms with Crippen LogP contribution >= 0.6 is 0 Å². The van der Waals surface area contributed by atoms with E-state index >= 15 is 0 Å². The smallest absolute Gasteiger partial charge is 0.307 e. The number of rotatable bonds is 7. The molecule has 0 aliphatic heterocycles. The van der Waals surface area contributed by atoms with Gasteiger partial charge < -0.3 is 20.3 Å². The maximum absolute atomic E-state index is 11.5. The number of hydrogen-bond donors (Lipinski definition) is 3. The van der Waals surface area contributed by atoms with E-state index in [9.17, 15) is 14.7 Å². The normalized spacial score (nSPS) is 13.3. The highest BCUT2D eigenvalue weighted by molar-refractivity contribution is 5.81. The van der Waals surface area contributed by atoms with Crippen LogP contribution in [0.1, 0.15) is 34.1 Å². The van der Waals surface area contributed by atoms with Crippen molar-refractivity contribution < 1.29 is 24.5 Å². The van der Waals surface area contributed by atoms with Crippen LogP contribution < -0.4 is 5.32 Å². The molecule has 0 aromatic rings. The third kappa shape index (κ3) is 5.97.